The van der Waals surface area contributed by atoms with E-state index in [0.717, 1.165) is 10.0 Å². The first-order valence-corrected chi connectivity index (χ1v) is 8.95. The van der Waals surface area contributed by atoms with Crippen molar-refractivity contribution in [3.05, 3.63) is 34.3 Å². The van der Waals surface area contributed by atoms with E-state index >= 15 is 0 Å². The predicted molar refractivity (Wildman–Crippen MR) is 101 cm³/mol. The molecule has 0 aromatic heterocycles. The molecule has 0 spiro atoms. The van der Waals surface area contributed by atoms with Gasteiger partial charge in [-0.2, -0.15) is 5.10 Å². The number of rotatable bonds is 5. The molecule has 11 heteroatoms. The van der Waals surface area contributed by atoms with Crippen molar-refractivity contribution < 1.29 is 19.8 Å². The number of carbonyl (C=O) groups excluding carboxylic acids is 2. The highest BCUT2D eigenvalue weighted by Crippen LogP contribution is 2.23. The molecule has 3 unspecified atom stereocenters. The first kappa shape index (κ1) is 19.3. The topological polar surface area (TPSA) is 130 Å². The number of aliphatic hydroxyl groups is 2. The standard InChI is InChI=1S/C16H19BrN6O4/c1-22-13-12(14(26)20-16(22)27)23(7-11(25)8-24)15(19-13)21-18-6-9-2-4-10(17)5-3-9/h2-6,11-13,24-25H,7-8H2,1H3,(H,19,21)(H,20,26,27)/b18-6+. The number of hydrogen-bond acceptors (Lipinski definition) is 8. The number of hydrazone groups is 1. The van der Waals surface area contributed by atoms with Gasteiger partial charge in [0.15, 0.2) is 12.2 Å². The average molecular weight is 439 g/mol. The summed E-state index contributed by atoms with van der Waals surface area (Å²) in [5.41, 5.74) is 3.60. The lowest BCUT2D eigenvalue weighted by Gasteiger charge is -2.36. The maximum atomic E-state index is 12.3. The minimum atomic E-state index is -1.08. The van der Waals surface area contributed by atoms with Gasteiger partial charge in [0.2, 0.25) is 5.96 Å². The van der Waals surface area contributed by atoms with Crippen molar-refractivity contribution in [1.29, 1.82) is 0 Å². The summed E-state index contributed by atoms with van der Waals surface area (Å²) in [6, 6.07) is 6.10. The molecule has 1 aromatic carbocycles. The number of guanidine groups is 1. The third-order valence-electron chi connectivity index (χ3n) is 4.23. The Morgan fingerprint density at radius 3 is 2.78 bits per heavy atom. The molecule has 0 bridgehead atoms. The van der Waals surface area contributed by atoms with Crippen LogP contribution in [0.1, 0.15) is 5.56 Å². The molecule has 1 fully saturated rings. The van der Waals surface area contributed by atoms with Crippen LogP contribution in [0.15, 0.2) is 38.8 Å². The summed E-state index contributed by atoms with van der Waals surface area (Å²) in [5.74, 6) is -0.298. The number of halogens is 1. The van der Waals surface area contributed by atoms with Crippen LogP contribution in [0.5, 0.6) is 0 Å². The molecule has 1 aromatic rings. The van der Waals surface area contributed by atoms with Crippen LogP contribution in [0, 0.1) is 0 Å². The van der Waals surface area contributed by atoms with Crippen molar-refractivity contribution in [3.8, 4) is 0 Å². The molecule has 27 heavy (non-hydrogen) atoms. The lowest BCUT2D eigenvalue weighted by Crippen LogP contribution is -2.64. The third kappa shape index (κ3) is 4.10. The lowest BCUT2D eigenvalue weighted by molar-refractivity contribution is -0.127. The third-order valence-corrected chi connectivity index (χ3v) is 4.76. The summed E-state index contributed by atoms with van der Waals surface area (Å²) in [5, 5.41) is 25.3. The van der Waals surface area contributed by atoms with Crippen molar-refractivity contribution in [2.45, 2.75) is 18.3 Å². The largest absolute Gasteiger partial charge is 0.394 e. The van der Waals surface area contributed by atoms with Crippen LogP contribution in [-0.4, -0.2) is 82.6 Å². The molecule has 4 N–H and O–H groups in total. The Hall–Kier alpha value is -2.50. The number of nitrogens with one attached hydrogen (secondary N) is 2. The fourth-order valence-electron chi connectivity index (χ4n) is 2.82. The second-order valence-corrected chi connectivity index (χ2v) is 7.04. The van der Waals surface area contributed by atoms with E-state index in [1.165, 1.54) is 16.8 Å². The number of benzene rings is 1. The predicted octanol–water partition coefficient (Wildman–Crippen LogP) is -0.726. The van der Waals surface area contributed by atoms with Gasteiger partial charge in [0.05, 0.1) is 25.5 Å². The maximum absolute atomic E-state index is 12.3. The highest BCUT2D eigenvalue weighted by atomic mass is 79.9. The van der Waals surface area contributed by atoms with Gasteiger partial charge >= 0.3 is 6.03 Å². The molecule has 2 aliphatic rings. The van der Waals surface area contributed by atoms with Gasteiger partial charge in [-0.05, 0) is 17.7 Å². The molecule has 3 rings (SSSR count). The van der Waals surface area contributed by atoms with Gasteiger partial charge in [-0.15, -0.1) is 0 Å². The molecule has 3 atom stereocenters. The zero-order valence-electron chi connectivity index (χ0n) is 14.4. The summed E-state index contributed by atoms with van der Waals surface area (Å²) in [6.45, 7) is -0.521. The smallest absolute Gasteiger partial charge is 0.325 e. The number of β-amino-alcohol motifs (C(OH)–C–C–N with tert-alkyl or cyclic N) is 1. The number of aliphatic imine (C=N–C) groups is 1. The number of imide groups is 1. The quantitative estimate of drug-likeness (QED) is 0.354. The summed E-state index contributed by atoms with van der Waals surface area (Å²) < 4.78 is 0.944. The van der Waals surface area contributed by atoms with E-state index in [4.69, 9.17) is 5.11 Å². The fourth-order valence-corrected chi connectivity index (χ4v) is 3.08. The summed E-state index contributed by atoms with van der Waals surface area (Å²) in [4.78, 5) is 31.3. The molecule has 0 aliphatic carbocycles. The second kappa shape index (κ2) is 8.03. The van der Waals surface area contributed by atoms with Crippen LogP contribution in [-0.2, 0) is 4.79 Å². The summed E-state index contributed by atoms with van der Waals surface area (Å²) in [7, 11) is 1.53. The Kier molecular flexibility index (Phi) is 5.73. The first-order valence-electron chi connectivity index (χ1n) is 8.16. The van der Waals surface area contributed by atoms with E-state index in [0.29, 0.717) is 0 Å². The van der Waals surface area contributed by atoms with Crippen LogP contribution in [0.4, 0.5) is 4.79 Å². The van der Waals surface area contributed by atoms with Crippen LogP contribution in [0.25, 0.3) is 0 Å². The Labute approximate surface area is 163 Å². The second-order valence-electron chi connectivity index (χ2n) is 6.13. The SMILES string of the molecule is CN1C(=O)NC(=O)C2C1N=C(N/N=C/c1ccc(Br)cc1)N2CC(O)CO. The zero-order valence-corrected chi connectivity index (χ0v) is 16.0. The van der Waals surface area contributed by atoms with Gasteiger partial charge in [-0.25, -0.2) is 15.2 Å². The number of urea groups is 1. The fraction of sp³-hybridized carbons (Fsp3) is 0.375. The molecule has 2 heterocycles. The molecule has 1 saturated heterocycles. The molecule has 3 amide bonds. The number of carbonyl (C=O) groups is 2. The van der Waals surface area contributed by atoms with Gasteiger partial charge in [0, 0.05) is 11.5 Å². The number of hydrogen-bond donors (Lipinski definition) is 4. The van der Waals surface area contributed by atoms with Gasteiger partial charge < -0.3 is 20.0 Å². The van der Waals surface area contributed by atoms with Crippen LogP contribution < -0.4 is 10.7 Å². The van der Waals surface area contributed by atoms with E-state index in [2.05, 4.69) is 36.8 Å². The van der Waals surface area contributed by atoms with Crippen LogP contribution in [0.3, 0.4) is 0 Å². The molecular formula is C16H19BrN6O4. The van der Waals surface area contributed by atoms with E-state index in [1.54, 1.807) is 6.21 Å². The molecule has 0 saturated carbocycles. The molecule has 0 radical (unpaired) electrons. The number of aliphatic hydroxyl groups excluding tert-OH is 2. The molecule has 10 nitrogen and oxygen atoms in total. The van der Waals surface area contributed by atoms with Gasteiger partial charge in [-0.3, -0.25) is 10.1 Å². The Morgan fingerprint density at radius 2 is 2.11 bits per heavy atom. The van der Waals surface area contributed by atoms with Crippen molar-refractivity contribution >= 4 is 40.0 Å². The maximum Gasteiger partial charge on any atom is 0.325 e. The van der Waals surface area contributed by atoms with E-state index in [9.17, 15) is 14.7 Å². The Morgan fingerprint density at radius 1 is 1.41 bits per heavy atom. The van der Waals surface area contributed by atoms with E-state index in [1.807, 2.05) is 24.3 Å². The zero-order chi connectivity index (χ0) is 19.6. The minimum Gasteiger partial charge on any atom is -0.394 e. The van der Waals surface area contributed by atoms with Crippen LogP contribution in [0.2, 0.25) is 0 Å². The summed E-state index contributed by atoms with van der Waals surface area (Å²) >= 11 is 3.36. The van der Waals surface area contributed by atoms with Crippen molar-refractivity contribution in [1.82, 2.24) is 20.5 Å². The average Bonchev–Trinajstić information content (AvgIpc) is 3.00. The highest BCUT2D eigenvalue weighted by molar-refractivity contribution is 9.10. The number of fused-ring (bicyclic) bond motifs is 1. The monoisotopic (exact) mass is 438 g/mol. The van der Waals surface area contributed by atoms with E-state index < -0.39 is 36.9 Å². The van der Waals surface area contributed by atoms with Gasteiger partial charge in [-0.1, -0.05) is 28.1 Å². The lowest BCUT2D eigenvalue weighted by atomic mass is 10.1. The Bertz CT molecular complexity index is 784. The minimum absolute atomic E-state index is 0.0489. The van der Waals surface area contributed by atoms with Crippen molar-refractivity contribution in [3.63, 3.8) is 0 Å². The van der Waals surface area contributed by atoms with E-state index in [-0.39, 0.29) is 12.5 Å². The molecular weight excluding hydrogens is 420 g/mol. The number of nitrogens with zero attached hydrogens (tertiary/aromatic N) is 4. The summed E-state index contributed by atoms with van der Waals surface area (Å²) in [6.07, 6.45) is -0.253. The van der Waals surface area contributed by atoms with Crippen molar-refractivity contribution in [2.24, 2.45) is 10.1 Å². The van der Waals surface area contributed by atoms with Gasteiger partial charge in [0.25, 0.3) is 5.91 Å². The molecule has 144 valence electrons. The number of amides is 3. The van der Waals surface area contributed by atoms with Gasteiger partial charge in [0.1, 0.15) is 0 Å². The van der Waals surface area contributed by atoms with Crippen molar-refractivity contribution in [2.75, 3.05) is 20.2 Å². The highest BCUT2D eigenvalue weighted by Gasteiger charge is 2.49. The van der Waals surface area contributed by atoms with Crippen LogP contribution >= 0.6 is 15.9 Å². The first-order chi connectivity index (χ1) is 12.9. The normalized spacial score (nSPS) is 23.3. The molecule has 2 aliphatic heterocycles. The number of likely N-dealkylation sites (N-methyl/N-ethyl adjacent to an activating group) is 1. The Balaban J connectivity index is 1.80.